The van der Waals surface area contributed by atoms with Gasteiger partial charge in [-0.2, -0.15) is 0 Å². The van der Waals surface area contributed by atoms with E-state index in [1.54, 1.807) is 0 Å². The fourth-order valence-corrected chi connectivity index (χ4v) is 3.74. The summed E-state index contributed by atoms with van der Waals surface area (Å²) in [5.74, 6) is 0. The number of amides is 2. The molecule has 0 aromatic heterocycles. The highest BCUT2D eigenvalue weighted by molar-refractivity contribution is 5.74. The van der Waals surface area contributed by atoms with Crippen LogP contribution in [0.4, 0.5) is 4.79 Å². The maximum atomic E-state index is 12.5. The van der Waals surface area contributed by atoms with Crippen molar-refractivity contribution in [1.29, 1.82) is 0 Å². The number of likely N-dealkylation sites (N-methyl/N-ethyl adjacent to an activating group) is 1. The second-order valence-electron chi connectivity index (χ2n) is 7.16. The van der Waals surface area contributed by atoms with Gasteiger partial charge in [-0.1, -0.05) is 37.3 Å². The molecule has 1 N–H and O–H groups in total. The lowest BCUT2D eigenvalue weighted by Gasteiger charge is -2.36. The van der Waals surface area contributed by atoms with Gasteiger partial charge < -0.3 is 19.9 Å². The molecular formula is C20H31N3O2. The molecule has 0 unspecified atom stereocenters. The van der Waals surface area contributed by atoms with Gasteiger partial charge in [-0.3, -0.25) is 0 Å². The lowest BCUT2D eigenvalue weighted by atomic mass is 10.1. The van der Waals surface area contributed by atoms with Crippen LogP contribution in [0.15, 0.2) is 30.3 Å². The van der Waals surface area contributed by atoms with Crippen molar-refractivity contribution < 1.29 is 9.53 Å². The summed E-state index contributed by atoms with van der Waals surface area (Å²) in [5, 5.41) is 3.23. The summed E-state index contributed by atoms with van der Waals surface area (Å²) in [7, 11) is 0. The molecule has 1 aromatic rings. The molecule has 2 fully saturated rings. The first kappa shape index (κ1) is 18.2. The molecule has 0 bridgehead atoms. The summed E-state index contributed by atoms with van der Waals surface area (Å²) < 4.78 is 6.01. The Morgan fingerprint density at radius 2 is 1.92 bits per heavy atom. The van der Waals surface area contributed by atoms with Gasteiger partial charge in [0.2, 0.25) is 0 Å². The number of hydrogen-bond donors (Lipinski definition) is 1. The maximum Gasteiger partial charge on any atom is 0.317 e. The van der Waals surface area contributed by atoms with Crippen molar-refractivity contribution in [3.8, 4) is 0 Å². The second kappa shape index (κ2) is 9.20. The third kappa shape index (κ3) is 5.44. The van der Waals surface area contributed by atoms with Gasteiger partial charge in [-0.15, -0.1) is 0 Å². The van der Waals surface area contributed by atoms with E-state index in [1.165, 1.54) is 12.0 Å². The number of hydrogen-bond acceptors (Lipinski definition) is 3. The molecule has 2 amide bonds. The molecule has 2 aliphatic heterocycles. The van der Waals surface area contributed by atoms with Crippen LogP contribution in [-0.2, 0) is 11.3 Å². The average Bonchev–Trinajstić information content (AvgIpc) is 2.67. The van der Waals surface area contributed by atoms with Crippen LogP contribution in [-0.4, -0.2) is 60.7 Å². The smallest absolute Gasteiger partial charge is 0.317 e. The van der Waals surface area contributed by atoms with Gasteiger partial charge in [0, 0.05) is 25.7 Å². The molecule has 138 valence electrons. The predicted octanol–water partition coefficient (Wildman–Crippen LogP) is 2.86. The molecule has 0 radical (unpaired) electrons. The van der Waals surface area contributed by atoms with Crippen molar-refractivity contribution in [3.63, 3.8) is 0 Å². The highest BCUT2D eigenvalue weighted by Crippen LogP contribution is 2.17. The molecule has 1 aromatic carbocycles. The lowest BCUT2D eigenvalue weighted by Crippen LogP contribution is -2.53. The summed E-state index contributed by atoms with van der Waals surface area (Å²) in [6.07, 6.45) is 4.37. The third-order valence-corrected chi connectivity index (χ3v) is 5.34. The van der Waals surface area contributed by atoms with Gasteiger partial charge in [0.15, 0.2) is 0 Å². The van der Waals surface area contributed by atoms with E-state index in [9.17, 15) is 4.79 Å². The van der Waals surface area contributed by atoms with Gasteiger partial charge in [0.25, 0.3) is 0 Å². The Bertz CT molecular complexity index is 529. The van der Waals surface area contributed by atoms with E-state index >= 15 is 0 Å². The zero-order valence-electron chi connectivity index (χ0n) is 15.3. The second-order valence-corrected chi connectivity index (χ2v) is 7.16. The number of piperidine rings is 2. The van der Waals surface area contributed by atoms with E-state index in [0.717, 1.165) is 52.0 Å². The molecule has 0 spiro atoms. The number of nitrogens with zero attached hydrogens (tertiary/aromatic N) is 2. The fraction of sp³-hybridized carbons (Fsp3) is 0.650. The van der Waals surface area contributed by atoms with Gasteiger partial charge in [-0.25, -0.2) is 4.79 Å². The zero-order chi connectivity index (χ0) is 17.5. The summed E-state index contributed by atoms with van der Waals surface area (Å²) in [6, 6.07) is 10.7. The number of likely N-dealkylation sites (tertiary alicyclic amines) is 2. The Balaban J connectivity index is 1.37. The molecule has 1 atom stereocenters. The highest BCUT2D eigenvalue weighted by atomic mass is 16.5. The molecule has 25 heavy (non-hydrogen) atoms. The number of carbonyl (C=O) groups is 1. The first-order chi connectivity index (χ1) is 12.2. The summed E-state index contributed by atoms with van der Waals surface area (Å²) in [5.41, 5.74) is 1.21. The van der Waals surface area contributed by atoms with E-state index in [4.69, 9.17) is 4.74 Å². The first-order valence-corrected chi connectivity index (χ1v) is 9.68. The van der Waals surface area contributed by atoms with Crippen molar-refractivity contribution in [1.82, 2.24) is 15.1 Å². The Morgan fingerprint density at radius 3 is 2.64 bits per heavy atom. The van der Waals surface area contributed by atoms with Crippen LogP contribution < -0.4 is 5.32 Å². The molecule has 0 saturated carbocycles. The van der Waals surface area contributed by atoms with Crippen LogP contribution in [0.25, 0.3) is 0 Å². The molecule has 5 nitrogen and oxygen atoms in total. The van der Waals surface area contributed by atoms with Gasteiger partial charge >= 0.3 is 6.03 Å². The van der Waals surface area contributed by atoms with Crippen LogP contribution in [0, 0.1) is 0 Å². The van der Waals surface area contributed by atoms with Crippen LogP contribution in [0.5, 0.6) is 0 Å². The van der Waals surface area contributed by atoms with Crippen LogP contribution in [0.1, 0.15) is 38.2 Å². The van der Waals surface area contributed by atoms with Crippen molar-refractivity contribution in [3.05, 3.63) is 35.9 Å². The lowest BCUT2D eigenvalue weighted by molar-refractivity contribution is 0.00410. The minimum absolute atomic E-state index is 0.101. The Hall–Kier alpha value is -1.59. The van der Waals surface area contributed by atoms with Crippen molar-refractivity contribution >= 4 is 6.03 Å². The normalized spacial score (nSPS) is 22.8. The van der Waals surface area contributed by atoms with Gasteiger partial charge in [-0.05, 0) is 44.3 Å². The molecular weight excluding hydrogens is 314 g/mol. The van der Waals surface area contributed by atoms with E-state index in [-0.39, 0.29) is 12.1 Å². The summed E-state index contributed by atoms with van der Waals surface area (Å²) >= 11 is 0. The third-order valence-electron chi connectivity index (χ3n) is 5.34. The van der Waals surface area contributed by atoms with Gasteiger partial charge in [0.05, 0.1) is 12.7 Å². The SMILES string of the molecule is CCN1CCC[C@@H](NC(=O)N2CCC(OCc3ccccc3)CC2)C1. The Labute approximate surface area is 151 Å². The predicted molar refractivity (Wildman–Crippen MR) is 99.5 cm³/mol. The molecule has 5 heteroatoms. The Morgan fingerprint density at radius 1 is 1.16 bits per heavy atom. The Kier molecular flexibility index (Phi) is 6.70. The molecule has 2 aliphatic rings. The number of carbonyl (C=O) groups excluding carboxylic acids is 1. The largest absolute Gasteiger partial charge is 0.373 e. The summed E-state index contributed by atoms with van der Waals surface area (Å²) in [4.78, 5) is 16.9. The minimum atomic E-state index is 0.101. The zero-order valence-corrected chi connectivity index (χ0v) is 15.3. The highest BCUT2D eigenvalue weighted by Gasteiger charge is 2.26. The van der Waals surface area contributed by atoms with Crippen LogP contribution >= 0.6 is 0 Å². The first-order valence-electron chi connectivity index (χ1n) is 9.68. The topological polar surface area (TPSA) is 44.8 Å². The van der Waals surface area contributed by atoms with Crippen molar-refractivity contribution in [2.75, 3.05) is 32.7 Å². The molecule has 2 heterocycles. The van der Waals surface area contributed by atoms with Crippen molar-refractivity contribution in [2.24, 2.45) is 0 Å². The number of rotatable bonds is 5. The number of urea groups is 1. The van der Waals surface area contributed by atoms with E-state index in [0.29, 0.717) is 12.6 Å². The fourth-order valence-electron chi connectivity index (χ4n) is 3.74. The molecule has 2 saturated heterocycles. The number of ether oxygens (including phenoxy) is 1. The average molecular weight is 345 g/mol. The molecule has 3 rings (SSSR count). The van der Waals surface area contributed by atoms with Gasteiger partial charge in [0.1, 0.15) is 0 Å². The number of benzene rings is 1. The van der Waals surface area contributed by atoms with E-state index < -0.39 is 0 Å². The standard InChI is InChI=1S/C20H31N3O2/c1-2-22-12-6-9-18(15-22)21-20(24)23-13-10-19(11-14-23)25-16-17-7-4-3-5-8-17/h3-5,7-8,18-19H,2,6,9-16H2,1H3,(H,21,24)/t18-/m1/s1. The maximum absolute atomic E-state index is 12.5. The van der Waals surface area contributed by atoms with Crippen LogP contribution in [0.2, 0.25) is 0 Å². The van der Waals surface area contributed by atoms with Crippen LogP contribution in [0.3, 0.4) is 0 Å². The molecule has 0 aliphatic carbocycles. The number of nitrogens with one attached hydrogen (secondary N) is 1. The van der Waals surface area contributed by atoms with E-state index in [1.807, 2.05) is 23.1 Å². The quantitative estimate of drug-likeness (QED) is 0.892. The van der Waals surface area contributed by atoms with E-state index in [2.05, 4.69) is 29.3 Å². The van der Waals surface area contributed by atoms with Crippen molar-refractivity contribution in [2.45, 2.75) is 51.4 Å². The summed E-state index contributed by atoms with van der Waals surface area (Å²) in [6.45, 7) is 7.63. The monoisotopic (exact) mass is 345 g/mol. The minimum Gasteiger partial charge on any atom is -0.373 e.